The number of fused-ring (bicyclic) bond motifs is 2. The molecular weight excluding hydrogens is 678 g/mol. The summed E-state index contributed by atoms with van der Waals surface area (Å²) >= 11 is 6.75. The molecule has 52 heavy (non-hydrogen) atoms. The number of hydrogen-bond donors (Lipinski definition) is 0. The van der Waals surface area contributed by atoms with Crippen LogP contribution in [0.15, 0.2) is 60.9 Å². The molecule has 3 aliphatic heterocycles. The molecule has 13 heteroatoms. The number of amides is 1. The highest BCUT2D eigenvalue weighted by atomic mass is 35.5. The zero-order valence-electron chi connectivity index (χ0n) is 29.6. The number of anilines is 2. The SMILES string of the molecule is CN1CCN(C2(COc3nc4c(c(N5CCN(C(=O)OCc6ccccc6)[C@@H](CC#N)C5)n3)CCN(c3cncc5cccc(Cl)c35)C4)CC2)CC1. The van der Waals surface area contributed by atoms with Crippen molar-refractivity contribution in [2.24, 2.45) is 0 Å². The van der Waals surface area contributed by atoms with Crippen LogP contribution in [0.5, 0.6) is 6.01 Å². The first kappa shape index (κ1) is 34.4. The molecule has 0 spiro atoms. The molecule has 2 saturated heterocycles. The van der Waals surface area contributed by atoms with Gasteiger partial charge in [-0.25, -0.2) is 4.79 Å². The third kappa shape index (κ3) is 7.05. The van der Waals surface area contributed by atoms with E-state index in [1.54, 1.807) is 4.90 Å². The lowest BCUT2D eigenvalue weighted by molar-refractivity contribution is 0.0649. The number of benzene rings is 2. The smallest absolute Gasteiger partial charge is 0.410 e. The van der Waals surface area contributed by atoms with Gasteiger partial charge in [-0.2, -0.15) is 15.2 Å². The van der Waals surface area contributed by atoms with Gasteiger partial charge in [0.1, 0.15) is 19.0 Å². The van der Waals surface area contributed by atoms with Crippen molar-refractivity contribution in [1.29, 1.82) is 5.26 Å². The van der Waals surface area contributed by atoms with Gasteiger partial charge < -0.3 is 29.1 Å². The molecular formula is C39H44ClN9O3. The first-order valence-electron chi connectivity index (χ1n) is 18.2. The van der Waals surface area contributed by atoms with Gasteiger partial charge in [0.2, 0.25) is 0 Å². The second-order valence-electron chi connectivity index (χ2n) is 14.4. The zero-order valence-corrected chi connectivity index (χ0v) is 30.3. The topological polar surface area (TPSA) is 114 Å². The van der Waals surface area contributed by atoms with Crippen molar-refractivity contribution in [2.75, 3.05) is 75.8 Å². The van der Waals surface area contributed by atoms with E-state index in [1.165, 1.54) is 0 Å². The Morgan fingerprint density at radius 2 is 1.81 bits per heavy atom. The summed E-state index contributed by atoms with van der Waals surface area (Å²) in [5.41, 5.74) is 3.89. The molecule has 1 saturated carbocycles. The fourth-order valence-electron chi connectivity index (χ4n) is 7.88. The molecule has 1 amide bonds. The molecule has 270 valence electrons. The predicted octanol–water partition coefficient (Wildman–Crippen LogP) is 5.14. The van der Waals surface area contributed by atoms with Gasteiger partial charge in [-0.3, -0.25) is 9.88 Å². The van der Waals surface area contributed by atoms with Crippen molar-refractivity contribution in [3.05, 3.63) is 82.8 Å². The number of carbonyl (C=O) groups is 1. The lowest BCUT2D eigenvalue weighted by atomic mass is 10.0. The van der Waals surface area contributed by atoms with Crippen LogP contribution in [0.4, 0.5) is 16.3 Å². The van der Waals surface area contributed by atoms with Crippen molar-refractivity contribution in [3.8, 4) is 12.1 Å². The molecule has 2 aromatic carbocycles. The Morgan fingerprint density at radius 3 is 2.60 bits per heavy atom. The van der Waals surface area contributed by atoms with Gasteiger partial charge in [0.25, 0.3) is 0 Å². The summed E-state index contributed by atoms with van der Waals surface area (Å²) in [7, 11) is 2.18. The quantitative estimate of drug-likeness (QED) is 0.229. The number of likely N-dealkylation sites (N-methyl/N-ethyl adjacent to an activating group) is 1. The third-order valence-corrected chi connectivity index (χ3v) is 11.4. The van der Waals surface area contributed by atoms with Crippen LogP contribution in [-0.4, -0.2) is 113 Å². The highest BCUT2D eigenvalue weighted by Gasteiger charge is 2.49. The van der Waals surface area contributed by atoms with Crippen molar-refractivity contribution < 1.29 is 14.3 Å². The van der Waals surface area contributed by atoms with E-state index < -0.39 is 6.09 Å². The van der Waals surface area contributed by atoms with Crippen LogP contribution in [0.25, 0.3) is 10.8 Å². The van der Waals surface area contributed by atoms with Crippen LogP contribution >= 0.6 is 11.6 Å². The second-order valence-corrected chi connectivity index (χ2v) is 14.8. The third-order valence-electron chi connectivity index (χ3n) is 11.1. The molecule has 1 aliphatic carbocycles. The minimum absolute atomic E-state index is 0.0295. The number of pyridine rings is 1. The van der Waals surface area contributed by atoms with Gasteiger partial charge >= 0.3 is 12.1 Å². The lowest BCUT2D eigenvalue weighted by Gasteiger charge is -2.42. The summed E-state index contributed by atoms with van der Waals surface area (Å²) < 4.78 is 12.3. The Kier molecular flexibility index (Phi) is 9.74. The monoisotopic (exact) mass is 721 g/mol. The van der Waals surface area contributed by atoms with E-state index in [1.807, 2.05) is 60.9 Å². The number of piperazine rings is 2. The standard InChI is InChI=1S/C39H44ClN9O3/c1-45-16-19-48(20-17-45)39(12-13-39)27-52-37-43-33-25-46(34-23-42-22-29-8-5-9-32(40)35(29)34)15-11-31(33)36(44-37)47-18-21-49(30(24-47)10-14-41)38(50)51-26-28-6-3-2-4-7-28/h2-9,22-23,30H,10-13,15-21,24-27H2,1H3/t30-/m0/s1. The van der Waals surface area contributed by atoms with Crippen molar-refractivity contribution in [2.45, 2.75) is 50.4 Å². The number of ether oxygens (including phenoxy) is 2. The largest absolute Gasteiger partial charge is 0.461 e. The van der Waals surface area contributed by atoms with Gasteiger partial charge in [-0.05, 0) is 37.9 Å². The molecule has 5 heterocycles. The molecule has 4 aliphatic rings. The van der Waals surface area contributed by atoms with Crippen molar-refractivity contribution >= 4 is 40.0 Å². The highest BCUT2D eigenvalue weighted by molar-refractivity contribution is 6.36. The molecule has 0 radical (unpaired) electrons. The Morgan fingerprint density at radius 1 is 0.981 bits per heavy atom. The van der Waals surface area contributed by atoms with Crippen LogP contribution in [-0.2, 0) is 24.3 Å². The summed E-state index contributed by atoms with van der Waals surface area (Å²) in [6.07, 6.45) is 6.42. The van der Waals surface area contributed by atoms with Crippen LogP contribution in [0.2, 0.25) is 5.02 Å². The zero-order chi connectivity index (χ0) is 35.7. The first-order valence-corrected chi connectivity index (χ1v) is 18.6. The van der Waals surface area contributed by atoms with E-state index in [-0.39, 0.29) is 24.6 Å². The molecule has 0 N–H and O–H groups in total. The van der Waals surface area contributed by atoms with E-state index in [9.17, 15) is 10.1 Å². The van der Waals surface area contributed by atoms with E-state index in [0.717, 1.165) is 84.7 Å². The molecule has 4 aromatic rings. The van der Waals surface area contributed by atoms with Gasteiger partial charge in [0.05, 0.1) is 53.2 Å². The summed E-state index contributed by atoms with van der Waals surface area (Å²) in [5.74, 6) is 0.818. The first-order chi connectivity index (χ1) is 25.4. The minimum Gasteiger partial charge on any atom is -0.461 e. The molecule has 2 aromatic heterocycles. The summed E-state index contributed by atoms with van der Waals surface area (Å²) in [6, 6.07) is 17.8. The van der Waals surface area contributed by atoms with Crippen LogP contribution in [0.1, 0.15) is 36.1 Å². The normalized spacial score (nSPS) is 20.3. The fraction of sp³-hybridized carbons (Fsp3) is 0.462. The molecule has 12 nitrogen and oxygen atoms in total. The van der Waals surface area contributed by atoms with Gasteiger partial charge in [0, 0.05) is 74.9 Å². The lowest BCUT2D eigenvalue weighted by Crippen LogP contribution is -2.56. The summed E-state index contributed by atoms with van der Waals surface area (Å²) in [4.78, 5) is 39.2. The van der Waals surface area contributed by atoms with Gasteiger partial charge in [0.15, 0.2) is 0 Å². The van der Waals surface area contributed by atoms with E-state index in [0.29, 0.717) is 50.2 Å². The number of nitrogens with zero attached hydrogens (tertiary/aromatic N) is 9. The average molecular weight is 722 g/mol. The molecule has 8 rings (SSSR count). The van der Waals surface area contributed by atoms with Gasteiger partial charge in [-0.1, -0.05) is 54.1 Å². The van der Waals surface area contributed by atoms with Crippen LogP contribution in [0.3, 0.4) is 0 Å². The Hall–Kier alpha value is -4.70. The maximum Gasteiger partial charge on any atom is 0.410 e. The Bertz CT molecular complexity index is 1960. The predicted molar refractivity (Wildman–Crippen MR) is 200 cm³/mol. The van der Waals surface area contributed by atoms with Crippen LogP contribution in [0, 0.1) is 11.3 Å². The average Bonchev–Trinajstić information content (AvgIpc) is 3.97. The number of nitriles is 1. The maximum absolute atomic E-state index is 13.3. The van der Waals surface area contributed by atoms with Gasteiger partial charge in [-0.15, -0.1) is 0 Å². The molecule has 3 fully saturated rings. The molecule has 0 bridgehead atoms. The van der Waals surface area contributed by atoms with E-state index >= 15 is 0 Å². The summed E-state index contributed by atoms with van der Waals surface area (Å²) in [6.45, 7) is 7.59. The second kappa shape index (κ2) is 14.7. The fourth-order valence-corrected chi connectivity index (χ4v) is 8.16. The number of carbonyl (C=O) groups excluding carboxylic acids is 1. The van der Waals surface area contributed by atoms with Crippen molar-refractivity contribution in [3.63, 3.8) is 0 Å². The summed E-state index contributed by atoms with van der Waals surface area (Å²) in [5, 5.41) is 12.5. The van der Waals surface area contributed by atoms with E-state index in [4.69, 9.17) is 31.0 Å². The minimum atomic E-state index is -0.408. The molecule has 1 atom stereocenters. The number of aromatic nitrogens is 3. The van der Waals surface area contributed by atoms with Crippen LogP contribution < -0.4 is 14.5 Å². The highest BCUT2D eigenvalue weighted by Crippen LogP contribution is 2.43. The number of rotatable bonds is 9. The Labute approximate surface area is 309 Å². The van der Waals surface area contributed by atoms with Crippen molar-refractivity contribution in [1.82, 2.24) is 29.7 Å². The van der Waals surface area contributed by atoms with E-state index in [2.05, 4.69) is 37.7 Å². The Balaban J connectivity index is 1.06. The number of hydrogen-bond acceptors (Lipinski definition) is 11. The maximum atomic E-state index is 13.3. The number of halogens is 1. The molecule has 0 unspecified atom stereocenters.